The van der Waals surface area contributed by atoms with E-state index in [1.807, 2.05) is 0 Å². The van der Waals surface area contributed by atoms with Crippen molar-refractivity contribution < 1.29 is 0 Å². The third-order valence-corrected chi connectivity index (χ3v) is 3.96. The number of nitrogens with zero attached hydrogens (tertiary/aromatic N) is 1. The molecule has 0 spiro atoms. The Morgan fingerprint density at radius 3 is 2.93 bits per heavy atom. The Morgan fingerprint density at radius 1 is 1.40 bits per heavy atom. The first-order valence-electron chi connectivity index (χ1n) is 5.05. The van der Waals surface area contributed by atoms with E-state index in [0.29, 0.717) is 0 Å². The summed E-state index contributed by atoms with van der Waals surface area (Å²) in [4.78, 5) is 5.86. The lowest BCUT2D eigenvalue weighted by Crippen LogP contribution is -1.98. The van der Waals surface area contributed by atoms with Crippen LogP contribution in [-0.2, 0) is 0 Å². The number of hydrogen-bond acceptors (Lipinski definition) is 4. The number of nitrogens with one attached hydrogen (secondary N) is 1. The number of aromatic nitrogens is 1. The largest absolute Gasteiger partial charge is 0.362 e. The highest BCUT2D eigenvalue weighted by atomic mass is 32.1. The van der Waals surface area contributed by atoms with Crippen LogP contribution in [0.25, 0.3) is 10.6 Å². The van der Waals surface area contributed by atoms with Gasteiger partial charge in [0, 0.05) is 11.9 Å². The molecule has 1 N–H and O–H groups in total. The minimum Gasteiger partial charge on any atom is -0.362 e. The van der Waals surface area contributed by atoms with Gasteiger partial charge in [0.05, 0.1) is 10.6 Å². The second-order valence-electron chi connectivity index (χ2n) is 3.40. The summed E-state index contributed by atoms with van der Waals surface area (Å²) in [6.45, 7) is 5.28. The van der Waals surface area contributed by atoms with Gasteiger partial charge >= 0.3 is 0 Å². The first-order chi connectivity index (χ1) is 7.31. The van der Waals surface area contributed by atoms with Gasteiger partial charge in [-0.25, -0.2) is 4.98 Å². The molecule has 0 radical (unpaired) electrons. The highest BCUT2D eigenvalue weighted by molar-refractivity contribution is 7.16. The van der Waals surface area contributed by atoms with Gasteiger partial charge in [0.1, 0.15) is 0 Å². The molecule has 80 valence electrons. The molecule has 0 aromatic carbocycles. The van der Waals surface area contributed by atoms with Crippen LogP contribution in [0, 0.1) is 6.92 Å². The van der Waals surface area contributed by atoms with Gasteiger partial charge in [0.15, 0.2) is 5.13 Å². The van der Waals surface area contributed by atoms with Crippen LogP contribution >= 0.6 is 22.7 Å². The molecular formula is C11H14N2S2. The lowest BCUT2D eigenvalue weighted by molar-refractivity contribution is 0.976. The molecule has 0 amide bonds. The summed E-state index contributed by atoms with van der Waals surface area (Å²) in [5.74, 6) is 0. The van der Waals surface area contributed by atoms with Crippen LogP contribution in [0.15, 0.2) is 16.8 Å². The van der Waals surface area contributed by atoms with Crippen LogP contribution in [0.2, 0.25) is 0 Å². The van der Waals surface area contributed by atoms with Crippen LogP contribution in [0.1, 0.15) is 18.9 Å². The molecule has 4 heteroatoms. The average Bonchev–Trinajstić information content (AvgIpc) is 2.83. The minimum atomic E-state index is 0.996. The van der Waals surface area contributed by atoms with Crippen molar-refractivity contribution in [1.29, 1.82) is 0 Å². The molecule has 0 saturated carbocycles. The molecule has 0 aliphatic rings. The number of anilines is 1. The maximum absolute atomic E-state index is 4.57. The van der Waals surface area contributed by atoms with Gasteiger partial charge in [0.2, 0.25) is 0 Å². The van der Waals surface area contributed by atoms with E-state index in [1.54, 1.807) is 22.7 Å². The van der Waals surface area contributed by atoms with Gasteiger partial charge < -0.3 is 5.32 Å². The molecule has 2 heterocycles. The lowest BCUT2D eigenvalue weighted by Gasteiger charge is -1.97. The van der Waals surface area contributed by atoms with Crippen LogP contribution in [0.3, 0.4) is 0 Å². The summed E-state index contributed by atoms with van der Waals surface area (Å²) in [5, 5.41) is 8.57. The highest BCUT2D eigenvalue weighted by Gasteiger charge is 2.07. The molecule has 0 saturated heterocycles. The predicted molar refractivity (Wildman–Crippen MR) is 68.9 cm³/mol. The van der Waals surface area contributed by atoms with E-state index in [0.717, 1.165) is 23.8 Å². The number of hydrogen-bond donors (Lipinski definition) is 1. The molecule has 0 fully saturated rings. The molecule has 15 heavy (non-hydrogen) atoms. The number of thiophene rings is 1. The highest BCUT2D eigenvalue weighted by Crippen LogP contribution is 2.31. The fourth-order valence-corrected chi connectivity index (χ4v) is 3.02. The molecule has 2 aromatic rings. The Bertz CT molecular complexity index is 431. The van der Waals surface area contributed by atoms with Crippen molar-refractivity contribution in [3.8, 4) is 10.6 Å². The Hall–Kier alpha value is -0.870. The summed E-state index contributed by atoms with van der Waals surface area (Å²) < 4.78 is 0. The minimum absolute atomic E-state index is 0.996. The summed E-state index contributed by atoms with van der Waals surface area (Å²) in [7, 11) is 0. The Balaban J connectivity index is 2.17. The van der Waals surface area contributed by atoms with Crippen molar-refractivity contribution in [1.82, 2.24) is 4.98 Å². The normalized spacial score (nSPS) is 10.5. The van der Waals surface area contributed by atoms with Crippen LogP contribution in [0.5, 0.6) is 0 Å². The first-order valence-corrected chi connectivity index (χ1v) is 6.81. The van der Waals surface area contributed by atoms with Crippen LogP contribution < -0.4 is 5.32 Å². The van der Waals surface area contributed by atoms with E-state index in [1.165, 1.54) is 10.4 Å². The summed E-state index contributed by atoms with van der Waals surface area (Å²) in [6, 6.07) is 2.14. The van der Waals surface area contributed by atoms with E-state index in [2.05, 4.69) is 41.0 Å². The Kier molecular flexibility index (Phi) is 3.38. The van der Waals surface area contributed by atoms with Crippen molar-refractivity contribution in [2.45, 2.75) is 20.3 Å². The third kappa shape index (κ3) is 2.38. The summed E-state index contributed by atoms with van der Waals surface area (Å²) >= 11 is 3.44. The molecule has 0 atom stereocenters. The van der Waals surface area contributed by atoms with Gasteiger partial charge in [-0.15, -0.1) is 22.7 Å². The topological polar surface area (TPSA) is 24.9 Å². The van der Waals surface area contributed by atoms with Crippen molar-refractivity contribution in [2.75, 3.05) is 11.9 Å². The van der Waals surface area contributed by atoms with E-state index in [9.17, 15) is 0 Å². The van der Waals surface area contributed by atoms with Crippen molar-refractivity contribution in [3.05, 3.63) is 22.4 Å². The zero-order chi connectivity index (χ0) is 10.7. The van der Waals surface area contributed by atoms with Crippen molar-refractivity contribution >= 4 is 27.8 Å². The fourth-order valence-electron chi connectivity index (χ4n) is 1.33. The monoisotopic (exact) mass is 238 g/mol. The van der Waals surface area contributed by atoms with Crippen LogP contribution in [0.4, 0.5) is 5.13 Å². The quantitative estimate of drug-likeness (QED) is 0.870. The zero-order valence-corrected chi connectivity index (χ0v) is 10.5. The molecule has 2 nitrogen and oxygen atoms in total. The van der Waals surface area contributed by atoms with Gasteiger partial charge in [-0.05, 0) is 30.4 Å². The Morgan fingerprint density at radius 2 is 2.27 bits per heavy atom. The van der Waals surface area contributed by atoms with E-state index >= 15 is 0 Å². The second-order valence-corrected chi connectivity index (χ2v) is 5.17. The lowest BCUT2D eigenvalue weighted by atomic mass is 10.2. The molecule has 0 bridgehead atoms. The molecular weight excluding hydrogens is 224 g/mol. The van der Waals surface area contributed by atoms with Crippen LogP contribution in [-0.4, -0.2) is 11.5 Å². The van der Waals surface area contributed by atoms with Crippen molar-refractivity contribution in [3.63, 3.8) is 0 Å². The van der Waals surface area contributed by atoms with E-state index < -0.39 is 0 Å². The molecule has 0 aliphatic carbocycles. The fraction of sp³-hybridized carbons (Fsp3) is 0.364. The molecule has 2 aromatic heterocycles. The molecule has 0 unspecified atom stereocenters. The number of rotatable bonds is 4. The predicted octanol–water partition coefficient (Wildman–Crippen LogP) is 4.00. The summed E-state index contributed by atoms with van der Waals surface area (Å²) in [6.07, 6.45) is 1.13. The maximum atomic E-state index is 4.57. The zero-order valence-electron chi connectivity index (χ0n) is 8.91. The van der Waals surface area contributed by atoms with Gasteiger partial charge in [-0.1, -0.05) is 6.92 Å². The first kappa shape index (κ1) is 10.6. The number of aryl methyl sites for hydroxylation is 1. The van der Waals surface area contributed by atoms with Gasteiger partial charge in [-0.2, -0.15) is 0 Å². The Labute approximate surface area is 98.0 Å². The van der Waals surface area contributed by atoms with E-state index in [-0.39, 0.29) is 0 Å². The van der Waals surface area contributed by atoms with Gasteiger partial charge in [0.25, 0.3) is 0 Å². The second kappa shape index (κ2) is 4.77. The SMILES string of the molecule is CCCNc1nc(-c2sccc2C)cs1. The standard InChI is InChI=1S/C11H14N2S2/c1-3-5-12-11-13-9(7-15-11)10-8(2)4-6-14-10/h4,6-7H,3,5H2,1-2H3,(H,12,13). The molecule has 0 aliphatic heterocycles. The van der Waals surface area contributed by atoms with Gasteiger partial charge in [-0.3, -0.25) is 0 Å². The molecule has 2 rings (SSSR count). The maximum Gasteiger partial charge on any atom is 0.183 e. The average molecular weight is 238 g/mol. The van der Waals surface area contributed by atoms with E-state index in [4.69, 9.17) is 0 Å². The third-order valence-electron chi connectivity index (χ3n) is 2.13. The smallest absolute Gasteiger partial charge is 0.183 e. The number of thiazole rings is 1. The van der Waals surface area contributed by atoms with Crippen molar-refractivity contribution in [2.24, 2.45) is 0 Å². The summed E-state index contributed by atoms with van der Waals surface area (Å²) in [5.41, 5.74) is 2.42.